The highest BCUT2D eigenvalue weighted by molar-refractivity contribution is 5.96. The summed E-state index contributed by atoms with van der Waals surface area (Å²) in [7, 11) is 1.38. The van der Waals surface area contributed by atoms with Gasteiger partial charge in [-0.1, -0.05) is 6.07 Å². The van der Waals surface area contributed by atoms with Gasteiger partial charge in [-0.3, -0.25) is 4.98 Å². The molecule has 0 spiro atoms. The minimum Gasteiger partial charge on any atom is -0.466 e. The molecule has 0 bridgehead atoms. The average molecular weight is 191 g/mol. The first-order valence-electron chi connectivity index (χ1n) is 4.33. The van der Waals surface area contributed by atoms with Gasteiger partial charge in [-0.05, 0) is 31.1 Å². The first kappa shape index (κ1) is 10.4. The summed E-state index contributed by atoms with van der Waals surface area (Å²) >= 11 is 0. The van der Waals surface area contributed by atoms with E-state index in [2.05, 4.69) is 9.72 Å². The molecule has 74 valence electrons. The first-order valence-corrected chi connectivity index (χ1v) is 4.33. The van der Waals surface area contributed by atoms with Gasteiger partial charge in [0.2, 0.25) is 0 Å². The zero-order chi connectivity index (χ0) is 10.6. The summed E-state index contributed by atoms with van der Waals surface area (Å²) in [6.45, 7) is 3.62. The maximum atomic E-state index is 11.2. The van der Waals surface area contributed by atoms with Gasteiger partial charge in [0, 0.05) is 18.0 Å². The monoisotopic (exact) mass is 191 g/mol. The Morgan fingerprint density at radius 3 is 2.64 bits per heavy atom. The lowest BCUT2D eigenvalue weighted by Crippen LogP contribution is -2.03. The smallest absolute Gasteiger partial charge is 0.333 e. The lowest BCUT2D eigenvalue weighted by Gasteiger charge is -2.05. The third-order valence-corrected chi connectivity index (χ3v) is 2.15. The fourth-order valence-electron chi connectivity index (χ4n) is 1.11. The van der Waals surface area contributed by atoms with Crippen LogP contribution in [0.3, 0.4) is 0 Å². The number of ether oxygens (including phenoxy) is 1. The maximum absolute atomic E-state index is 11.2. The van der Waals surface area contributed by atoms with Crippen LogP contribution in [0.25, 0.3) is 5.57 Å². The number of allylic oxidation sites excluding steroid dienone is 1. The van der Waals surface area contributed by atoms with Crippen LogP contribution in [0.4, 0.5) is 0 Å². The van der Waals surface area contributed by atoms with Crippen molar-refractivity contribution < 1.29 is 9.53 Å². The lowest BCUT2D eigenvalue weighted by molar-refractivity contribution is -0.135. The van der Waals surface area contributed by atoms with Crippen molar-refractivity contribution >= 4 is 11.5 Å². The summed E-state index contributed by atoms with van der Waals surface area (Å²) in [5, 5.41) is 0. The number of esters is 1. The van der Waals surface area contributed by atoms with Crippen molar-refractivity contribution in [2.24, 2.45) is 0 Å². The minimum absolute atomic E-state index is 0.300. The van der Waals surface area contributed by atoms with E-state index < -0.39 is 0 Å². The predicted molar refractivity (Wildman–Crippen MR) is 54.5 cm³/mol. The number of aromatic nitrogens is 1. The van der Waals surface area contributed by atoms with E-state index in [0.717, 1.165) is 11.1 Å². The summed E-state index contributed by atoms with van der Waals surface area (Å²) < 4.78 is 4.64. The molecule has 0 aliphatic heterocycles. The largest absolute Gasteiger partial charge is 0.466 e. The van der Waals surface area contributed by atoms with Crippen LogP contribution in [-0.4, -0.2) is 18.1 Å². The SMILES string of the molecule is COC(=O)C(C)=C(C)c1cccnc1. The van der Waals surface area contributed by atoms with Crippen molar-refractivity contribution in [3.63, 3.8) is 0 Å². The number of rotatable bonds is 2. The van der Waals surface area contributed by atoms with Crippen molar-refractivity contribution in [2.45, 2.75) is 13.8 Å². The number of nitrogens with zero attached hydrogens (tertiary/aromatic N) is 1. The summed E-state index contributed by atoms with van der Waals surface area (Å²) in [5.74, 6) is -0.300. The minimum atomic E-state index is -0.300. The van der Waals surface area contributed by atoms with Gasteiger partial charge in [0.15, 0.2) is 0 Å². The molecule has 0 radical (unpaired) electrons. The number of carbonyl (C=O) groups is 1. The molecule has 1 rings (SSSR count). The van der Waals surface area contributed by atoms with Gasteiger partial charge in [-0.15, -0.1) is 0 Å². The molecule has 1 heterocycles. The molecule has 0 saturated carbocycles. The molecule has 0 amide bonds. The highest BCUT2D eigenvalue weighted by atomic mass is 16.5. The zero-order valence-electron chi connectivity index (χ0n) is 8.57. The Morgan fingerprint density at radius 1 is 1.43 bits per heavy atom. The van der Waals surface area contributed by atoms with E-state index in [1.807, 2.05) is 19.1 Å². The second kappa shape index (κ2) is 4.56. The molecule has 0 N–H and O–H groups in total. The van der Waals surface area contributed by atoms with E-state index in [-0.39, 0.29) is 5.97 Å². The van der Waals surface area contributed by atoms with Crippen molar-refractivity contribution in [1.82, 2.24) is 4.98 Å². The van der Waals surface area contributed by atoms with E-state index in [4.69, 9.17) is 0 Å². The molecular formula is C11H13NO2. The Morgan fingerprint density at radius 2 is 2.14 bits per heavy atom. The number of methoxy groups -OCH3 is 1. The quantitative estimate of drug-likeness (QED) is 0.530. The van der Waals surface area contributed by atoms with Gasteiger partial charge in [0.05, 0.1) is 7.11 Å². The lowest BCUT2D eigenvalue weighted by atomic mass is 10.0. The Hall–Kier alpha value is -1.64. The summed E-state index contributed by atoms with van der Waals surface area (Å²) in [6.07, 6.45) is 3.42. The van der Waals surface area contributed by atoms with Gasteiger partial charge in [-0.25, -0.2) is 4.79 Å². The molecule has 0 fully saturated rings. The van der Waals surface area contributed by atoms with Crippen molar-refractivity contribution in [1.29, 1.82) is 0 Å². The molecule has 0 aliphatic rings. The van der Waals surface area contributed by atoms with Gasteiger partial charge in [0.1, 0.15) is 0 Å². The molecule has 0 atom stereocenters. The van der Waals surface area contributed by atoms with Crippen LogP contribution >= 0.6 is 0 Å². The summed E-state index contributed by atoms with van der Waals surface area (Å²) in [4.78, 5) is 15.2. The number of pyridine rings is 1. The molecule has 14 heavy (non-hydrogen) atoms. The van der Waals surface area contributed by atoms with Crippen molar-refractivity contribution in [2.75, 3.05) is 7.11 Å². The normalized spacial score (nSPS) is 11.9. The molecule has 1 aromatic rings. The third-order valence-electron chi connectivity index (χ3n) is 2.15. The molecule has 3 heteroatoms. The molecule has 0 aromatic carbocycles. The molecule has 0 unspecified atom stereocenters. The molecular weight excluding hydrogens is 178 g/mol. The van der Waals surface area contributed by atoms with Crippen LogP contribution in [0.2, 0.25) is 0 Å². The Labute approximate surface area is 83.4 Å². The van der Waals surface area contributed by atoms with E-state index in [0.29, 0.717) is 5.57 Å². The topological polar surface area (TPSA) is 39.2 Å². The third kappa shape index (κ3) is 2.19. The fourth-order valence-corrected chi connectivity index (χ4v) is 1.11. The van der Waals surface area contributed by atoms with Crippen molar-refractivity contribution in [3.8, 4) is 0 Å². The van der Waals surface area contributed by atoms with E-state index in [1.54, 1.807) is 19.3 Å². The summed E-state index contributed by atoms with van der Waals surface area (Å²) in [6, 6.07) is 3.75. The van der Waals surface area contributed by atoms with Crippen LogP contribution in [0.15, 0.2) is 30.1 Å². The second-order valence-corrected chi connectivity index (χ2v) is 2.98. The van der Waals surface area contributed by atoms with Crippen LogP contribution in [-0.2, 0) is 9.53 Å². The fraction of sp³-hybridized carbons (Fsp3) is 0.273. The molecule has 3 nitrogen and oxygen atoms in total. The average Bonchev–Trinajstić information content (AvgIpc) is 2.27. The second-order valence-electron chi connectivity index (χ2n) is 2.98. The van der Waals surface area contributed by atoms with Gasteiger partial charge in [-0.2, -0.15) is 0 Å². The number of hydrogen-bond donors (Lipinski definition) is 0. The van der Waals surface area contributed by atoms with E-state index in [9.17, 15) is 4.79 Å². The van der Waals surface area contributed by atoms with Crippen LogP contribution in [0.5, 0.6) is 0 Å². The maximum Gasteiger partial charge on any atom is 0.333 e. The molecule has 1 aromatic heterocycles. The highest BCUT2D eigenvalue weighted by Gasteiger charge is 2.08. The first-order chi connectivity index (χ1) is 6.66. The molecule has 0 saturated heterocycles. The van der Waals surface area contributed by atoms with Crippen LogP contribution < -0.4 is 0 Å². The molecule has 0 aliphatic carbocycles. The summed E-state index contributed by atoms with van der Waals surface area (Å²) in [5.41, 5.74) is 2.45. The van der Waals surface area contributed by atoms with Crippen molar-refractivity contribution in [3.05, 3.63) is 35.7 Å². The van der Waals surface area contributed by atoms with Gasteiger partial charge >= 0.3 is 5.97 Å². The van der Waals surface area contributed by atoms with E-state index >= 15 is 0 Å². The zero-order valence-corrected chi connectivity index (χ0v) is 8.57. The predicted octanol–water partition coefficient (Wildman–Crippen LogP) is 2.05. The Balaban J connectivity index is 3.05. The van der Waals surface area contributed by atoms with Gasteiger partial charge in [0.25, 0.3) is 0 Å². The van der Waals surface area contributed by atoms with Crippen LogP contribution in [0.1, 0.15) is 19.4 Å². The standard InChI is InChI=1S/C11H13NO2/c1-8(9(2)11(13)14-3)10-5-4-6-12-7-10/h4-7H,1-3H3. The Kier molecular flexibility index (Phi) is 3.40. The number of carbonyl (C=O) groups excluding carboxylic acids is 1. The number of hydrogen-bond acceptors (Lipinski definition) is 3. The van der Waals surface area contributed by atoms with E-state index in [1.165, 1.54) is 7.11 Å². The highest BCUT2D eigenvalue weighted by Crippen LogP contribution is 2.17. The Bertz CT molecular complexity index is 355. The van der Waals surface area contributed by atoms with Crippen LogP contribution in [0, 0.1) is 0 Å². The van der Waals surface area contributed by atoms with Gasteiger partial charge < -0.3 is 4.74 Å².